The molecular weight excluding hydrogens is 240 g/mol. The van der Waals surface area contributed by atoms with Gasteiger partial charge in [-0.3, -0.25) is 9.58 Å². The van der Waals surface area contributed by atoms with Gasteiger partial charge in [0.15, 0.2) is 0 Å². The Morgan fingerprint density at radius 1 is 1.42 bits per heavy atom. The van der Waals surface area contributed by atoms with Crippen LogP contribution in [0.3, 0.4) is 0 Å². The van der Waals surface area contributed by atoms with Crippen molar-refractivity contribution in [2.45, 2.75) is 38.9 Å². The molecule has 0 amide bonds. The molecule has 0 aromatic carbocycles. The molecule has 2 aromatic heterocycles. The minimum Gasteiger partial charge on any atom is -0.334 e. The van der Waals surface area contributed by atoms with E-state index in [1.165, 1.54) is 12.8 Å². The van der Waals surface area contributed by atoms with Crippen LogP contribution in [0.5, 0.6) is 0 Å². The molecule has 0 bridgehead atoms. The molecule has 102 valence electrons. The molecule has 19 heavy (non-hydrogen) atoms. The zero-order valence-electron chi connectivity index (χ0n) is 11.5. The predicted molar refractivity (Wildman–Crippen MR) is 71.4 cm³/mol. The highest BCUT2D eigenvalue weighted by Crippen LogP contribution is 2.21. The van der Waals surface area contributed by atoms with Crippen molar-refractivity contribution in [3.05, 3.63) is 30.1 Å². The van der Waals surface area contributed by atoms with Crippen molar-refractivity contribution in [1.29, 1.82) is 0 Å². The topological polar surface area (TPSA) is 51.8 Å². The summed E-state index contributed by atoms with van der Waals surface area (Å²) in [4.78, 5) is 6.79. The second kappa shape index (κ2) is 5.13. The van der Waals surface area contributed by atoms with E-state index in [4.69, 9.17) is 0 Å². The Hall–Kier alpha value is -1.69. The first-order chi connectivity index (χ1) is 9.22. The van der Waals surface area contributed by atoms with Gasteiger partial charge in [0.25, 0.3) is 0 Å². The molecule has 1 unspecified atom stereocenters. The number of aromatic nitrogens is 5. The molecule has 1 fully saturated rings. The van der Waals surface area contributed by atoms with E-state index in [0.717, 1.165) is 31.2 Å². The van der Waals surface area contributed by atoms with Crippen LogP contribution in [-0.4, -0.2) is 42.0 Å². The highest BCUT2D eigenvalue weighted by molar-refractivity contribution is 4.96. The van der Waals surface area contributed by atoms with Gasteiger partial charge < -0.3 is 4.57 Å². The van der Waals surface area contributed by atoms with E-state index < -0.39 is 0 Å². The van der Waals surface area contributed by atoms with Crippen molar-refractivity contribution in [3.8, 4) is 0 Å². The normalized spacial score (nSPS) is 20.2. The Morgan fingerprint density at radius 3 is 3.00 bits per heavy atom. The van der Waals surface area contributed by atoms with Crippen LogP contribution in [0.1, 0.15) is 24.4 Å². The molecule has 2 aromatic rings. The van der Waals surface area contributed by atoms with Gasteiger partial charge in [0, 0.05) is 44.8 Å². The maximum atomic E-state index is 4.29. The van der Waals surface area contributed by atoms with Crippen LogP contribution in [0.2, 0.25) is 0 Å². The first-order valence-corrected chi connectivity index (χ1v) is 6.79. The van der Waals surface area contributed by atoms with Gasteiger partial charge >= 0.3 is 0 Å². The van der Waals surface area contributed by atoms with Crippen molar-refractivity contribution < 1.29 is 0 Å². The van der Waals surface area contributed by atoms with Gasteiger partial charge in [0.2, 0.25) is 0 Å². The van der Waals surface area contributed by atoms with E-state index in [1.807, 2.05) is 19.4 Å². The molecule has 3 rings (SSSR count). The monoisotopic (exact) mass is 260 g/mol. The predicted octanol–water partition coefficient (Wildman–Crippen LogP) is 0.985. The van der Waals surface area contributed by atoms with Crippen molar-refractivity contribution in [3.63, 3.8) is 0 Å². The van der Waals surface area contributed by atoms with Crippen LogP contribution < -0.4 is 0 Å². The average molecular weight is 260 g/mol. The van der Waals surface area contributed by atoms with Crippen LogP contribution in [-0.2, 0) is 20.1 Å². The molecule has 6 heteroatoms. The lowest BCUT2D eigenvalue weighted by Crippen LogP contribution is -2.32. The van der Waals surface area contributed by atoms with Gasteiger partial charge in [0.05, 0.1) is 5.69 Å². The third kappa shape index (κ3) is 2.68. The Balaban J connectivity index is 1.66. The molecule has 1 saturated heterocycles. The minimum atomic E-state index is 0.579. The number of rotatable bonds is 4. The van der Waals surface area contributed by atoms with Gasteiger partial charge in [-0.15, -0.1) is 5.10 Å². The van der Waals surface area contributed by atoms with Gasteiger partial charge in [0.1, 0.15) is 5.82 Å². The lowest BCUT2D eigenvalue weighted by molar-refractivity contribution is 0.221. The molecule has 0 N–H and O–H groups in total. The van der Waals surface area contributed by atoms with Crippen LogP contribution in [0.25, 0.3) is 0 Å². The Labute approximate surface area is 113 Å². The lowest BCUT2D eigenvalue weighted by atomic mass is 10.2. The average Bonchev–Trinajstić information content (AvgIpc) is 3.07. The third-order valence-corrected chi connectivity index (χ3v) is 3.85. The van der Waals surface area contributed by atoms with Gasteiger partial charge in [-0.2, -0.15) is 0 Å². The van der Waals surface area contributed by atoms with E-state index in [-0.39, 0.29) is 0 Å². The summed E-state index contributed by atoms with van der Waals surface area (Å²) in [6.45, 7) is 5.12. The van der Waals surface area contributed by atoms with Crippen molar-refractivity contribution in [2.24, 2.45) is 7.05 Å². The number of imidazole rings is 1. The maximum absolute atomic E-state index is 4.29. The summed E-state index contributed by atoms with van der Waals surface area (Å²) >= 11 is 0. The fourth-order valence-electron chi connectivity index (χ4n) is 2.81. The number of hydrogen-bond acceptors (Lipinski definition) is 4. The summed E-state index contributed by atoms with van der Waals surface area (Å²) in [6, 6.07) is 0.579. The van der Waals surface area contributed by atoms with Crippen LogP contribution in [0.15, 0.2) is 18.6 Å². The molecule has 0 radical (unpaired) electrons. The SMILES string of the molecule is Cc1nccn1CC1CCCN1Cc1cn(C)nn1. The Morgan fingerprint density at radius 2 is 2.32 bits per heavy atom. The van der Waals surface area contributed by atoms with Crippen molar-refractivity contribution in [2.75, 3.05) is 6.54 Å². The van der Waals surface area contributed by atoms with E-state index in [2.05, 4.69) is 37.9 Å². The molecular formula is C13H20N6. The summed E-state index contributed by atoms with van der Waals surface area (Å²) in [5.74, 6) is 1.09. The molecule has 0 aliphatic carbocycles. The molecule has 0 spiro atoms. The standard InChI is InChI=1S/C13H20N6/c1-11-14-5-7-18(11)10-13-4-3-6-19(13)9-12-8-17(2)16-15-12/h5,7-8,13H,3-4,6,9-10H2,1-2H3. The molecule has 1 aliphatic rings. The van der Waals surface area contributed by atoms with Crippen LogP contribution >= 0.6 is 0 Å². The fraction of sp³-hybridized carbons (Fsp3) is 0.615. The van der Waals surface area contributed by atoms with E-state index in [0.29, 0.717) is 6.04 Å². The fourth-order valence-corrected chi connectivity index (χ4v) is 2.81. The molecule has 1 aliphatic heterocycles. The van der Waals surface area contributed by atoms with Crippen molar-refractivity contribution >= 4 is 0 Å². The quantitative estimate of drug-likeness (QED) is 0.822. The van der Waals surface area contributed by atoms with Crippen LogP contribution in [0, 0.1) is 6.92 Å². The number of nitrogens with zero attached hydrogens (tertiary/aromatic N) is 6. The number of likely N-dealkylation sites (tertiary alicyclic amines) is 1. The Bertz CT molecular complexity index is 543. The maximum Gasteiger partial charge on any atom is 0.105 e. The van der Waals surface area contributed by atoms with E-state index in [9.17, 15) is 0 Å². The zero-order chi connectivity index (χ0) is 13.2. The second-order valence-corrected chi connectivity index (χ2v) is 5.28. The largest absolute Gasteiger partial charge is 0.334 e. The zero-order valence-corrected chi connectivity index (χ0v) is 11.5. The third-order valence-electron chi connectivity index (χ3n) is 3.85. The van der Waals surface area contributed by atoms with E-state index >= 15 is 0 Å². The minimum absolute atomic E-state index is 0.579. The molecule has 1 atom stereocenters. The summed E-state index contributed by atoms with van der Waals surface area (Å²) in [7, 11) is 1.91. The van der Waals surface area contributed by atoms with Crippen molar-refractivity contribution in [1.82, 2.24) is 29.4 Å². The second-order valence-electron chi connectivity index (χ2n) is 5.28. The van der Waals surface area contributed by atoms with Gasteiger partial charge in [-0.25, -0.2) is 4.98 Å². The summed E-state index contributed by atoms with van der Waals surface area (Å²) in [6.07, 6.45) is 8.44. The summed E-state index contributed by atoms with van der Waals surface area (Å²) in [5, 5.41) is 8.18. The highest BCUT2D eigenvalue weighted by atomic mass is 15.4. The first kappa shape index (κ1) is 12.3. The lowest BCUT2D eigenvalue weighted by Gasteiger charge is -2.24. The van der Waals surface area contributed by atoms with E-state index in [1.54, 1.807) is 4.68 Å². The summed E-state index contributed by atoms with van der Waals surface area (Å²) < 4.78 is 4.00. The van der Waals surface area contributed by atoms with Crippen LogP contribution in [0.4, 0.5) is 0 Å². The number of hydrogen-bond donors (Lipinski definition) is 0. The highest BCUT2D eigenvalue weighted by Gasteiger charge is 2.25. The molecule has 6 nitrogen and oxygen atoms in total. The van der Waals surface area contributed by atoms with Gasteiger partial charge in [-0.05, 0) is 26.3 Å². The van der Waals surface area contributed by atoms with Gasteiger partial charge in [-0.1, -0.05) is 5.21 Å². The smallest absolute Gasteiger partial charge is 0.105 e. The summed E-state index contributed by atoms with van der Waals surface area (Å²) in [5.41, 5.74) is 1.05. The Kier molecular flexibility index (Phi) is 3.33. The molecule has 0 saturated carbocycles. The number of aryl methyl sites for hydroxylation is 2. The first-order valence-electron chi connectivity index (χ1n) is 6.79. The molecule has 3 heterocycles.